The standard InChI is InChI=1S/C15H17NO2/c1-4-5-6-7-11(2)8-12(3)14-9-13(10-16-14)15(17)18/h4,6-10,16H,1,3,5H2,2H3,(H,17,18). The predicted octanol–water partition coefficient (Wildman–Crippen LogP) is 3.80. The van der Waals surface area contributed by atoms with Crippen LogP contribution in [0, 0.1) is 0 Å². The van der Waals surface area contributed by atoms with Gasteiger partial charge in [0.1, 0.15) is 0 Å². The summed E-state index contributed by atoms with van der Waals surface area (Å²) in [7, 11) is 0. The van der Waals surface area contributed by atoms with Crippen LogP contribution in [0.3, 0.4) is 0 Å². The van der Waals surface area contributed by atoms with Gasteiger partial charge in [-0.15, -0.1) is 6.58 Å². The molecule has 0 aliphatic heterocycles. The lowest BCUT2D eigenvalue weighted by Crippen LogP contribution is -1.91. The first-order valence-electron chi connectivity index (χ1n) is 5.61. The van der Waals surface area contributed by atoms with Crippen LogP contribution in [0.5, 0.6) is 0 Å². The number of rotatable bonds is 6. The summed E-state index contributed by atoms with van der Waals surface area (Å²) in [6.45, 7) is 9.51. The van der Waals surface area contributed by atoms with Gasteiger partial charge in [-0.1, -0.05) is 36.5 Å². The number of carboxylic acid groups (broad SMARTS) is 1. The van der Waals surface area contributed by atoms with E-state index in [2.05, 4.69) is 18.1 Å². The van der Waals surface area contributed by atoms with Crippen molar-refractivity contribution in [2.24, 2.45) is 0 Å². The van der Waals surface area contributed by atoms with Gasteiger partial charge in [0.25, 0.3) is 0 Å². The van der Waals surface area contributed by atoms with Crippen LogP contribution in [-0.2, 0) is 0 Å². The van der Waals surface area contributed by atoms with Crippen LogP contribution >= 0.6 is 0 Å². The summed E-state index contributed by atoms with van der Waals surface area (Å²) in [5.74, 6) is -0.947. The van der Waals surface area contributed by atoms with Gasteiger partial charge in [-0.05, 0) is 25.0 Å². The fourth-order valence-corrected chi connectivity index (χ4v) is 1.45. The first kappa shape index (κ1) is 13.8. The summed E-state index contributed by atoms with van der Waals surface area (Å²) < 4.78 is 0. The van der Waals surface area contributed by atoms with Crippen LogP contribution in [-0.4, -0.2) is 16.1 Å². The zero-order valence-corrected chi connectivity index (χ0v) is 10.4. The highest BCUT2D eigenvalue weighted by atomic mass is 16.4. The third kappa shape index (κ3) is 3.94. The molecule has 1 aromatic heterocycles. The summed E-state index contributed by atoms with van der Waals surface area (Å²) in [4.78, 5) is 13.6. The van der Waals surface area contributed by atoms with Crippen molar-refractivity contribution in [2.45, 2.75) is 13.3 Å². The lowest BCUT2D eigenvalue weighted by molar-refractivity contribution is 0.0697. The monoisotopic (exact) mass is 243 g/mol. The van der Waals surface area contributed by atoms with Crippen molar-refractivity contribution in [3.63, 3.8) is 0 Å². The van der Waals surface area contributed by atoms with Crippen molar-refractivity contribution in [3.8, 4) is 0 Å². The highest BCUT2D eigenvalue weighted by molar-refractivity contribution is 5.89. The first-order valence-corrected chi connectivity index (χ1v) is 5.61. The normalized spacial score (nSPS) is 11.7. The van der Waals surface area contributed by atoms with E-state index in [1.165, 1.54) is 6.20 Å². The quantitative estimate of drug-likeness (QED) is 0.589. The summed E-state index contributed by atoms with van der Waals surface area (Å²) in [5, 5.41) is 8.82. The Kier molecular flexibility index (Phi) is 4.93. The Balaban J connectivity index is 2.77. The number of allylic oxidation sites excluding steroid dienone is 6. The molecular weight excluding hydrogens is 226 g/mol. The number of aromatic carboxylic acids is 1. The Morgan fingerprint density at radius 3 is 2.83 bits per heavy atom. The van der Waals surface area contributed by atoms with Crippen molar-refractivity contribution in [1.82, 2.24) is 4.98 Å². The van der Waals surface area contributed by atoms with Gasteiger partial charge < -0.3 is 10.1 Å². The van der Waals surface area contributed by atoms with Gasteiger partial charge in [0.05, 0.1) is 5.56 Å². The third-order valence-electron chi connectivity index (χ3n) is 2.36. The molecule has 0 bridgehead atoms. The minimum atomic E-state index is -0.947. The highest BCUT2D eigenvalue weighted by Crippen LogP contribution is 2.16. The highest BCUT2D eigenvalue weighted by Gasteiger charge is 2.06. The molecule has 3 heteroatoms. The number of carboxylic acids is 1. The number of nitrogens with one attached hydrogen (secondary N) is 1. The van der Waals surface area contributed by atoms with E-state index >= 15 is 0 Å². The van der Waals surface area contributed by atoms with E-state index in [1.807, 2.05) is 31.2 Å². The predicted molar refractivity (Wildman–Crippen MR) is 74.5 cm³/mol. The largest absolute Gasteiger partial charge is 0.478 e. The molecule has 3 nitrogen and oxygen atoms in total. The zero-order valence-electron chi connectivity index (χ0n) is 10.4. The molecule has 0 aliphatic rings. The minimum Gasteiger partial charge on any atom is -0.478 e. The average molecular weight is 243 g/mol. The first-order chi connectivity index (χ1) is 8.54. The number of hydrogen-bond donors (Lipinski definition) is 2. The second kappa shape index (κ2) is 6.45. The lowest BCUT2D eigenvalue weighted by Gasteiger charge is -1.97. The molecule has 0 radical (unpaired) electrons. The number of carbonyl (C=O) groups is 1. The molecule has 0 atom stereocenters. The molecule has 0 fully saturated rings. The van der Waals surface area contributed by atoms with Gasteiger partial charge in [-0.25, -0.2) is 4.79 Å². The summed E-state index contributed by atoms with van der Waals surface area (Å²) in [6, 6.07) is 1.57. The molecule has 0 unspecified atom stereocenters. The van der Waals surface area contributed by atoms with Crippen LogP contribution in [0.2, 0.25) is 0 Å². The molecule has 18 heavy (non-hydrogen) atoms. The third-order valence-corrected chi connectivity index (χ3v) is 2.36. The smallest absolute Gasteiger partial charge is 0.337 e. The maximum absolute atomic E-state index is 10.7. The van der Waals surface area contributed by atoms with Gasteiger partial charge in [0, 0.05) is 11.9 Å². The maximum atomic E-state index is 10.7. The van der Waals surface area contributed by atoms with Gasteiger partial charge in [0.2, 0.25) is 0 Å². The molecule has 0 spiro atoms. The molecule has 1 heterocycles. The minimum absolute atomic E-state index is 0.236. The van der Waals surface area contributed by atoms with E-state index in [-0.39, 0.29) is 5.56 Å². The molecular formula is C15H17NO2. The van der Waals surface area contributed by atoms with Crippen molar-refractivity contribution >= 4 is 11.5 Å². The molecule has 1 rings (SSSR count). The van der Waals surface area contributed by atoms with Crippen LogP contribution < -0.4 is 0 Å². The molecule has 2 N–H and O–H groups in total. The zero-order chi connectivity index (χ0) is 13.5. The van der Waals surface area contributed by atoms with E-state index in [1.54, 1.807) is 6.07 Å². The van der Waals surface area contributed by atoms with Crippen molar-refractivity contribution < 1.29 is 9.90 Å². The SMILES string of the molecule is C=CCC=CC(C)=CC(=C)c1cc(C(=O)O)c[nH]1. The Hall–Kier alpha value is -2.29. The molecule has 94 valence electrons. The lowest BCUT2D eigenvalue weighted by atomic mass is 10.1. The Morgan fingerprint density at radius 2 is 2.28 bits per heavy atom. The Bertz CT molecular complexity index is 518. The fourth-order valence-electron chi connectivity index (χ4n) is 1.45. The second-order valence-corrected chi connectivity index (χ2v) is 3.95. The number of hydrogen-bond acceptors (Lipinski definition) is 1. The van der Waals surface area contributed by atoms with E-state index in [9.17, 15) is 4.79 Å². The average Bonchev–Trinajstić information content (AvgIpc) is 2.78. The summed E-state index contributed by atoms with van der Waals surface area (Å²) >= 11 is 0. The van der Waals surface area contributed by atoms with Crippen molar-refractivity contribution in [2.75, 3.05) is 0 Å². The van der Waals surface area contributed by atoms with Crippen LogP contribution in [0.1, 0.15) is 29.4 Å². The van der Waals surface area contributed by atoms with Gasteiger partial charge in [-0.3, -0.25) is 0 Å². The van der Waals surface area contributed by atoms with Gasteiger partial charge >= 0.3 is 5.97 Å². The Labute approximate surface area is 107 Å². The van der Waals surface area contributed by atoms with Gasteiger partial charge in [0.15, 0.2) is 0 Å². The van der Waals surface area contributed by atoms with E-state index in [0.29, 0.717) is 5.69 Å². The molecule has 1 aromatic rings. The maximum Gasteiger partial charge on any atom is 0.337 e. The van der Waals surface area contributed by atoms with Crippen LogP contribution in [0.15, 0.2) is 55.3 Å². The van der Waals surface area contributed by atoms with E-state index in [0.717, 1.165) is 17.6 Å². The second-order valence-electron chi connectivity index (χ2n) is 3.95. The molecule has 0 saturated carbocycles. The van der Waals surface area contributed by atoms with Crippen LogP contribution in [0.25, 0.3) is 5.57 Å². The van der Waals surface area contributed by atoms with Crippen LogP contribution in [0.4, 0.5) is 0 Å². The Morgan fingerprint density at radius 1 is 1.56 bits per heavy atom. The molecule has 0 amide bonds. The van der Waals surface area contributed by atoms with Crippen molar-refractivity contribution in [1.29, 1.82) is 0 Å². The molecule has 0 aromatic carbocycles. The fraction of sp³-hybridized carbons (Fsp3) is 0.133. The summed E-state index contributed by atoms with van der Waals surface area (Å²) in [5.41, 5.74) is 2.75. The summed E-state index contributed by atoms with van der Waals surface area (Å²) in [6.07, 6.45) is 9.99. The van der Waals surface area contributed by atoms with E-state index < -0.39 is 5.97 Å². The topological polar surface area (TPSA) is 53.1 Å². The van der Waals surface area contributed by atoms with Gasteiger partial charge in [-0.2, -0.15) is 0 Å². The molecule has 0 aliphatic carbocycles. The number of aromatic nitrogens is 1. The van der Waals surface area contributed by atoms with Crippen molar-refractivity contribution in [3.05, 3.63) is 66.6 Å². The number of aromatic amines is 1. The van der Waals surface area contributed by atoms with E-state index in [4.69, 9.17) is 5.11 Å². The molecule has 0 saturated heterocycles. The number of H-pyrrole nitrogens is 1.